The predicted octanol–water partition coefficient (Wildman–Crippen LogP) is 2.95. The van der Waals surface area contributed by atoms with Crippen molar-refractivity contribution < 1.29 is 23.1 Å². The minimum absolute atomic E-state index is 0.0734. The van der Waals surface area contributed by atoms with Gasteiger partial charge in [0, 0.05) is 30.4 Å². The van der Waals surface area contributed by atoms with Crippen LogP contribution >= 0.6 is 0 Å². The van der Waals surface area contributed by atoms with Gasteiger partial charge in [-0.05, 0) is 56.2 Å². The number of nitrogens with one attached hydrogen (secondary N) is 2. The molecule has 5 rings (SSSR count). The standard InChI is InChI=1S/C27H31N5O5S/c1-19-18-37-16-14-32(19)24-17-23(27(11-12-27)38(35,36)22-5-3-2-4-6-22)30-25(31-24)20-7-9-21(10-8-20)29-26(34)28-13-15-33/h2-10,17,19,33H,11-16,18H2,1H3,(H2,28,29,34)/t19-/m0/s1. The number of sulfone groups is 1. The molecular formula is C27H31N5O5S. The van der Waals surface area contributed by atoms with Gasteiger partial charge in [0.2, 0.25) is 0 Å². The van der Waals surface area contributed by atoms with E-state index < -0.39 is 20.6 Å². The Labute approximate surface area is 222 Å². The first-order valence-corrected chi connectivity index (χ1v) is 14.1. The van der Waals surface area contributed by atoms with E-state index >= 15 is 0 Å². The summed E-state index contributed by atoms with van der Waals surface area (Å²) in [7, 11) is -3.67. The molecule has 3 aromatic rings. The van der Waals surface area contributed by atoms with Crippen LogP contribution in [0.1, 0.15) is 25.5 Å². The zero-order valence-corrected chi connectivity index (χ0v) is 21.9. The summed E-state index contributed by atoms with van der Waals surface area (Å²) < 4.78 is 32.1. The number of carbonyl (C=O) groups is 1. The third-order valence-electron chi connectivity index (χ3n) is 6.91. The fraction of sp³-hybridized carbons (Fsp3) is 0.370. The Morgan fingerprint density at radius 2 is 1.87 bits per heavy atom. The molecule has 11 heteroatoms. The van der Waals surface area contributed by atoms with Gasteiger partial charge < -0.3 is 25.4 Å². The number of hydrogen-bond acceptors (Lipinski definition) is 8. The number of rotatable bonds is 8. The van der Waals surface area contributed by atoms with Gasteiger partial charge in [-0.1, -0.05) is 18.2 Å². The average Bonchev–Trinajstić information content (AvgIpc) is 3.76. The quantitative estimate of drug-likeness (QED) is 0.399. The molecule has 1 saturated heterocycles. The molecule has 1 saturated carbocycles. The number of amides is 2. The third-order valence-corrected chi connectivity index (χ3v) is 9.45. The highest BCUT2D eigenvalue weighted by Gasteiger charge is 2.58. The molecule has 38 heavy (non-hydrogen) atoms. The fourth-order valence-electron chi connectivity index (χ4n) is 4.66. The molecule has 2 aromatic carbocycles. The molecule has 10 nitrogen and oxygen atoms in total. The number of morpholine rings is 1. The lowest BCUT2D eigenvalue weighted by molar-refractivity contribution is 0.0985. The zero-order chi connectivity index (χ0) is 26.8. The summed E-state index contributed by atoms with van der Waals surface area (Å²) in [5.41, 5.74) is 1.75. The van der Waals surface area contributed by atoms with Crippen LogP contribution in [0.15, 0.2) is 65.6 Å². The van der Waals surface area contributed by atoms with E-state index in [4.69, 9.17) is 19.8 Å². The van der Waals surface area contributed by atoms with E-state index in [2.05, 4.69) is 22.5 Å². The van der Waals surface area contributed by atoms with Crippen LogP contribution < -0.4 is 15.5 Å². The molecule has 200 valence electrons. The van der Waals surface area contributed by atoms with E-state index in [0.717, 1.165) is 0 Å². The lowest BCUT2D eigenvalue weighted by Crippen LogP contribution is -2.44. The topological polar surface area (TPSA) is 134 Å². The Balaban J connectivity index is 1.53. The lowest BCUT2D eigenvalue weighted by Gasteiger charge is -2.34. The van der Waals surface area contributed by atoms with Crippen molar-refractivity contribution in [2.24, 2.45) is 0 Å². The molecule has 1 aliphatic heterocycles. The van der Waals surface area contributed by atoms with Crippen LogP contribution in [-0.4, -0.2) is 68.5 Å². The van der Waals surface area contributed by atoms with E-state index in [0.29, 0.717) is 61.2 Å². The van der Waals surface area contributed by atoms with Crippen molar-refractivity contribution in [1.82, 2.24) is 15.3 Å². The molecule has 1 aromatic heterocycles. The number of anilines is 2. The number of ether oxygens (including phenoxy) is 1. The average molecular weight is 538 g/mol. The second-order valence-corrected chi connectivity index (χ2v) is 11.8. The smallest absolute Gasteiger partial charge is 0.319 e. The maximum absolute atomic E-state index is 13.8. The highest BCUT2D eigenvalue weighted by atomic mass is 32.2. The SMILES string of the molecule is C[C@H]1COCCN1c1cc(C2(S(=O)(=O)c3ccccc3)CC2)nc(-c2ccc(NC(=O)NCCO)cc2)n1. The molecular weight excluding hydrogens is 506 g/mol. The first kappa shape index (κ1) is 26.1. The predicted molar refractivity (Wildman–Crippen MR) is 144 cm³/mol. The first-order valence-electron chi connectivity index (χ1n) is 12.6. The van der Waals surface area contributed by atoms with Crippen molar-refractivity contribution in [1.29, 1.82) is 0 Å². The highest BCUT2D eigenvalue weighted by Crippen LogP contribution is 2.55. The Hall–Kier alpha value is -3.54. The molecule has 2 aliphatic rings. The summed E-state index contributed by atoms with van der Waals surface area (Å²) in [5, 5.41) is 14.1. The minimum Gasteiger partial charge on any atom is -0.395 e. The number of carbonyl (C=O) groups excluding carboxylic acids is 1. The van der Waals surface area contributed by atoms with Gasteiger partial charge in [-0.25, -0.2) is 23.2 Å². The largest absolute Gasteiger partial charge is 0.395 e. The van der Waals surface area contributed by atoms with Gasteiger partial charge in [0.25, 0.3) is 0 Å². The van der Waals surface area contributed by atoms with E-state index in [1.807, 2.05) is 6.07 Å². The number of aliphatic hydroxyl groups excluding tert-OH is 1. The van der Waals surface area contributed by atoms with Gasteiger partial charge in [-0.3, -0.25) is 0 Å². The zero-order valence-electron chi connectivity index (χ0n) is 21.1. The second-order valence-electron chi connectivity index (χ2n) is 9.54. The van der Waals surface area contributed by atoms with Crippen LogP contribution in [-0.2, 0) is 19.3 Å². The minimum atomic E-state index is -3.67. The summed E-state index contributed by atoms with van der Waals surface area (Å²) in [5.74, 6) is 1.09. The van der Waals surface area contributed by atoms with E-state index in [9.17, 15) is 13.2 Å². The van der Waals surface area contributed by atoms with Crippen molar-refractivity contribution in [2.45, 2.75) is 35.4 Å². The number of benzene rings is 2. The molecule has 2 heterocycles. The van der Waals surface area contributed by atoms with Gasteiger partial charge >= 0.3 is 6.03 Å². The normalized spacial score (nSPS) is 18.6. The van der Waals surface area contributed by atoms with Crippen LogP contribution in [0.4, 0.5) is 16.3 Å². The molecule has 1 atom stereocenters. The van der Waals surface area contributed by atoms with Crippen LogP contribution in [0.3, 0.4) is 0 Å². The maximum atomic E-state index is 13.8. The maximum Gasteiger partial charge on any atom is 0.319 e. The first-order chi connectivity index (χ1) is 18.3. The van der Waals surface area contributed by atoms with Crippen molar-refractivity contribution in [3.8, 4) is 11.4 Å². The van der Waals surface area contributed by atoms with Crippen LogP contribution in [0.25, 0.3) is 11.4 Å². The molecule has 0 spiro atoms. The van der Waals surface area contributed by atoms with Crippen LogP contribution in [0.2, 0.25) is 0 Å². The highest BCUT2D eigenvalue weighted by molar-refractivity contribution is 7.92. The number of urea groups is 1. The van der Waals surface area contributed by atoms with E-state index in [1.54, 1.807) is 54.6 Å². The summed E-state index contributed by atoms with van der Waals surface area (Å²) in [4.78, 5) is 24.0. The molecule has 2 fully saturated rings. The summed E-state index contributed by atoms with van der Waals surface area (Å²) >= 11 is 0. The molecule has 0 unspecified atom stereocenters. The van der Waals surface area contributed by atoms with E-state index in [-0.39, 0.29) is 24.1 Å². The second kappa shape index (κ2) is 10.7. The number of hydrogen-bond donors (Lipinski definition) is 3. The Kier molecular flexibility index (Phi) is 7.33. The number of nitrogens with zero attached hydrogens (tertiary/aromatic N) is 3. The molecule has 0 bridgehead atoms. The molecule has 2 amide bonds. The third kappa shape index (κ3) is 5.09. The Morgan fingerprint density at radius 3 is 2.53 bits per heavy atom. The molecule has 3 N–H and O–H groups in total. The molecule has 0 radical (unpaired) electrons. The van der Waals surface area contributed by atoms with Crippen LogP contribution in [0, 0.1) is 0 Å². The van der Waals surface area contributed by atoms with Gasteiger partial charge in [-0.15, -0.1) is 0 Å². The van der Waals surface area contributed by atoms with Gasteiger partial charge in [0.15, 0.2) is 15.7 Å². The monoisotopic (exact) mass is 537 g/mol. The van der Waals surface area contributed by atoms with Crippen molar-refractivity contribution in [2.75, 3.05) is 43.1 Å². The van der Waals surface area contributed by atoms with Crippen molar-refractivity contribution >= 4 is 27.4 Å². The molecule has 1 aliphatic carbocycles. The fourth-order valence-corrected chi connectivity index (χ4v) is 6.65. The summed E-state index contributed by atoms with van der Waals surface area (Å²) in [6.07, 6.45) is 0.981. The van der Waals surface area contributed by atoms with Crippen molar-refractivity contribution in [3.05, 3.63) is 66.4 Å². The van der Waals surface area contributed by atoms with Gasteiger partial charge in [0.1, 0.15) is 10.6 Å². The van der Waals surface area contributed by atoms with Gasteiger partial charge in [-0.2, -0.15) is 0 Å². The number of aromatic nitrogens is 2. The van der Waals surface area contributed by atoms with E-state index in [1.165, 1.54) is 0 Å². The van der Waals surface area contributed by atoms with Gasteiger partial charge in [0.05, 0.1) is 36.5 Å². The van der Waals surface area contributed by atoms with Crippen LogP contribution in [0.5, 0.6) is 0 Å². The number of aliphatic hydroxyl groups is 1. The Bertz CT molecular complexity index is 1400. The summed E-state index contributed by atoms with van der Waals surface area (Å²) in [6, 6.07) is 17.0. The van der Waals surface area contributed by atoms with Crippen molar-refractivity contribution in [3.63, 3.8) is 0 Å². The lowest BCUT2D eigenvalue weighted by atomic mass is 10.1. The summed E-state index contributed by atoms with van der Waals surface area (Å²) in [6.45, 7) is 3.82. The Morgan fingerprint density at radius 1 is 1.13 bits per heavy atom.